The zero-order valence-electron chi connectivity index (χ0n) is 10.9. The second kappa shape index (κ2) is 4.12. The molecule has 0 saturated carbocycles. The minimum Gasteiger partial charge on any atom is -0.480 e. The molecule has 96 valence electrons. The van der Waals surface area contributed by atoms with Crippen molar-refractivity contribution in [2.75, 3.05) is 0 Å². The second-order valence-electron chi connectivity index (χ2n) is 4.71. The van der Waals surface area contributed by atoms with Crippen molar-refractivity contribution in [3.8, 4) is 5.75 Å². The monoisotopic (exact) mass is 254 g/mol. The normalized spacial score (nSPS) is 17.2. The van der Waals surface area contributed by atoms with Crippen LogP contribution in [0.5, 0.6) is 5.75 Å². The van der Waals surface area contributed by atoms with Gasteiger partial charge in [-0.1, -0.05) is 36.9 Å². The molecular weight excluding hydrogens is 240 g/mol. The van der Waals surface area contributed by atoms with E-state index in [1.807, 2.05) is 37.3 Å². The third-order valence-electron chi connectivity index (χ3n) is 3.52. The van der Waals surface area contributed by atoms with Gasteiger partial charge in [-0.15, -0.1) is 0 Å². The van der Waals surface area contributed by atoms with Crippen molar-refractivity contribution in [3.05, 3.63) is 69.8 Å². The van der Waals surface area contributed by atoms with Crippen molar-refractivity contribution in [2.24, 2.45) is 0 Å². The molecule has 0 spiro atoms. The molecule has 2 aromatic rings. The Labute approximate surface area is 111 Å². The highest BCUT2D eigenvalue weighted by atomic mass is 16.5. The van der Waals surface area contributed by atoms with Crippen molar-refractivity contribution in [3.63, 3.8) is 0 Å². The summed E-state index contributed by atoms with van der Waals surface area (Å²) in [7, 11) is 0. The standard InChI is InChI=1S/C16H14O3/c1-9-11(3)18-16(17)13-10(2)14(19-15(9)13)12-7-5-4-6-8-12/h4-8,14H,2H2,1,3H3. The molecule has 3 heteroatoms. The van der Waals surface area contributed by atoms with Crippen LogP contribution in [0.3, 0.4) is 0 Å². The van der Waals surface area contributed by atoms with E-state index in [1.165, 1.54) is 0 Å². The van der Waals surface area contributed by atoms with Crippen LogP contribution in [0, 0.1) is 13.8 Å². The maximum atomic E-state index is 12.0. The lowest BCUT2D eigenvalue weighted by atomic mass is 9.99. The van der Waals surface area contributed by atoms with Crippen molar-refractivity contribution in [2.45, 2.75) is 20.0 Å². The molecular formula is C16H14O3. The first kappa shape index (κ1) is 11.8. The van der Waals surface area contributed by atoms with Crippen LogP contribution >= 0.6 is 0 Å². The van der Waals surface area contributed by atoms with E-state index in [9.17, 15) is 4.79 Å². The first-order valence-electron chi connectivity index (χ1n) is 6.14. The fourth-order valence-electron chi connectivity index (χ4n) is 2.35. The van der Waals surface area contributed by atoms with Crippen LogP contribution in [-0.2, 0) is 0 Å². The summed E-state index contributed by atoms with van der Waals surface area (Å²) in [5.74, 6) is 1.19. The summed E-state index contributed by atoms with van der Waals surface area (Å²) < 4.78 is 11.1. The maximum Gasteiger partial charge on any atom is 0.347 e. The Bertz CT molecular complexity index is 711. The van der Waals surface area contributed by atoms with E-state index in [4.69, 9.17) is 9.15 Å². The molecule has 1 aromatic heterocycles. The molecule has 0 N–H and O–H groups in total. The van der Waals surface area contributed by atoms with Gasteiger partial charge in [0, 0.05) is 11.1 Å². The fraction of sp³-hybridized carbons (Fsp3) is 0.188. The molecule has 0 bridgehead atoms. The van der Waals surface area contributed by atoms with Gasteiger partial charge in [0.15, 0.2) is 0 Å². The SMILES string of the molecule is C=C1c2c(c(C)c(C)oc2=O)OC1c1ccccc1. The van der Waals surface area contributed by atoms with E-state index >= 15 is 0 Å². The van der Waals surface area contributed by atoms with Crippen LogP contribution in [0.1, 0.15) is 28.6 Å². The van der Waals surface area contributed by atoms with Crippen molar-refractivity contribution in [1.82, 2.24) is 0 Å². The van der Waals surface area contributed by atoms with Crippen LogP contribution in [0.25, 0.3) is 5.57 Å². The molecule has 1 unspecified atom stereocenters. The van der Waals surface area contributed by atoms with Gasteiger partial charge in [-0.2, -0.15) is 0 Å². The largest absolute Gasteiger partial charge is 0.480 e. The first-order chi connectivity index (χ1) is 9.09. The third-order valence-corrected chi connectivity index (χ3v) is 3.52. The first-order valence-corrected chi connectivity index (χ1v) is 6.14. The highest BCUT2D eigenvalue weighted by Crippen LogP contribution is 2.44. The Morgan fingerprint density at radius 1 is 1.16 bits per heavy atom. The average molecular weight is 254 g/mol. The highest BCUT2D eigenvalue weighted by molar-refractivity contribution is 5.77. The summed E-state index contributed by atoms with van der Waals surface area (Å²) in [6, 6.07) is 9.75. The van der Waals surface area contributed by atoms with Gasteiger partial charge >= 0.3 is 5.63 Å². The summed E-state index contributed by atoms with van der Waals surface area (Å²) >= 11 is 0. The van der Waals surface area contributed by atoms with E-state index in [0.717, 1.165) is 11.1 Å². The molecule has 1 aliphatic heterocycles. The van der Waals surface area contributed by atoms with Crippen LogP contribution in [-0.4, -0.2) is 0 Å². The summed E-state index contributed by atoms with van der Waals surface area (Å²) in [5, 5.41) is 0. The smallest absolute Gasteiger partial charge is 0.347 e. The molecule has 1 aliphatic rings. The molecule has 0 saturated heterocycles. The molecule has 1 atom stereocenters. The topological polar surface area (TPSA) is 39.4 Å². The summed E-state index contributed by atoms with van der Waals surface area (Å²) in [5.41, 5.74) is 2.60. The van der Waals surface area contributed by atoms with E-state index in [1.54, 1.807) is 6.92 Å². The van der Waals surface area contributed by atoms with Crippen molar-refractivity contribution in [1.29, 1.82) is 0 Å². The van der Waals surface area contributed by atoms with Gasteiger partial charge in [-0.3, -0.25) is 0 Å². The predicted octanol–water partition coefficient (Wildman–Crippen LogP) is 3.40. The summed E-state index contributed by atoms with van der Waals surface area (Å²) in [4.78, 5) is 12.0. The molecule has 19 heavy (non-hydrogen) atoms. The quantitative estimate of drug-likeness (QED) is 0.783. The molecule has 0 amide bonds. The van der Waals surface area contributed by atoms with Crippen LogP contribution < -0.4 is 10.4 Å². The molecule has 0 radical (unpaired) electrons. The minimum atomic E-state index is -0.374. The van der Waals surface area contributed by atoms with Gasteiger partial charge in [-0.05, 0) is 19.4 Å². The van der Waals surface area contributed by atoms with Gasteiger partial charge in [-0.25, -0.2) is 4.79 Å². The fourth-order valence-corrected chi connectivity index (χ4v) is 2.35. The number of aryl methyl sites for hydroxylation is 1. The van der Waals surface area contributed by atoms with Crippen molar-refractivity contribution < 1.29 is 9.15 Å². The molecule has 1 aromatic carbocycles. The van der Waals surface area contributed by atoms with Gasteiger partial charge in [0.1, 0.15) is 23.2 Å². The van der Waals surface area contributed by atoms with E-state index in [-0.39, 0.29) is 11.7 Å². The Morgan fingerprint density at radius 2 is 1.84 bits per heavy atom. The van der Waals surface area contributed by atoms with Gasteiger partial charge in [0.2, 0.25) is 0 Å². The van der Waals surface area contributed by atoms with E-state index in [2.05, 4.69) is 6.58 Å². The highest BCUT2D eigenvalue weighted by Gasteiger charge is 2.33. The molecule has 0 fully saturated rings. The number of fused-ring (bicyclic) bond motifs is 1. The molecule has 2 heterocycles. The third kappa shape index (κ3) is 1.70. The number of ether oxygens (including phenoxy) is 1. The summed E-state index contributed by atoms with van der Waals surface area (Å²) in [6.07, 6.45) is -0.306. The predicted molar refractivity (Wildman–Crippen MR) is 73.3 cm³/mol. The average Bonchev–Trinajstić information content (AvgIpc) is 2.76. The van der Waals surface area contributed by atoms with Crippen molar-refractivity contribution >= 4 is 5.57 Å². The summed E-state index contributed by atoms with van der Waals surface area (Å²) in [6.45, 7) is 7.65. The number of hydrogen-bond acceptors (Lipinski definition) is 3. The second-order valence-corrected chi connectivity index (χ2v) is 4.71. The van der Waals surface area contributed by atoms with Crippen LogP contribution in [0.15, 0.2) is 46.1 Å². The van der Waals surface area contributed by atoms with E-state index in [0.29, 0.717) is 22.6 Å². The lowest BCUT2D eigenvalue weighted by molar-refractivity contribution is 0.279. The van der Waals surface area contributed by atoms with Gasteiger partial charge in [0.05, 0.1) is 0 Å². The number of benzene rings is 1. The Morgan fingerprint density at radius 3 is 2.53 bits per heavy atom. The molecule has 3 rings (SSSR count). The molecule has 3 nitrogen and oxygen atoms in total. The zero-order valence-corrected chi connectivity index (χ0v) is 10.9. The zero-order chi connectivity index (χ0) is 13.6. The Balaban J connectivity index is 2.15. The minimum absolute atomic E-state index is 0.306. The molecule has 0 aliphatic carbocycles. The van der Waals surface area contributed by atoms with E-state index < -0.39 is 0 Å². The lowest BCUT2D eigenvalue weighted by Gasteiger charge is -2.12. The van der Waals surface area contributed by atoms with Gasteiger partial charge in [0.25, 0.3) is 0 Å². The Hall–Kier alpha value is -2.29. The lowest BCUT2D eigenvalue weighted by Crippen LogP contribution is -2.06. The van der Waals surface area contributed by atoms with Crippen LogP contribution in [0.2, 0.25) is 0 Å². The number of hydrogen-bond donors (Lipinski definition) is 0. The van der Waals surface area contributed by atoms with Gasteiger partial charge < -0.3 is 9.15 Å². The Kier molecular flexibility index (Phi) is 2.56. The maximum absolute atomic E-state index is 12.0. The van der Waals surface area contributed by atoms with Crippen LogP contribution in [0.4, 0.5) is 0 Å². The number of rotatable bonds is 1.